The highest BCUT2D eigenvalue weighted by Crippen LogP contribution is 2.24. The van der Waals surface area contributed by atoms with Gasteiger partial charge in [0.15, 0.2) is 0 Å². The molecule has 0 aromatic heterocycles. The van der Waals surface area contributed by atoms with Crippen LogP contribution in [0.4, 0.5) is 10.5 Å². The number of hydrogen-bond acceptors (Lipinski definition) is 3. The van der Waals surface area contributed by atoms with E-state index in [1.54, 1.807) is 24.0 Å². The maximum atomic E-state index is 12.2. The van der Waals surface area contributed by atoms with E-state index >= 15 is 0 Å². The lowest BCUT2D eigenvalue weighted by Gasteiger charge is -2.35. The molecule has 0 radical (unpaired) electrons. The van der Waals surface area contributed by atoms with Gasteiger partial charge in [-0.05, 0) is 38.0 Å². The number of likely N-dealkylation sites (tertiary alicyclic amines) is 1. The highest BCUT2D eigenvalue weighted by Gasteiger charge is 2.29. The van der Waals surface area contributed by atoms with Gasteiger partial charge in [-0.2, -0.15) is 0 Å². The third-order valence-corrected chi connectivity index (χ3v) is 4.07. The van der Waals surface area contributed by atoms with E-state index in [-0.39, 0.29) is 17.3 Å². The number of aromatic carboxylic acids is 1. The van der Waals surface area contributed by atoms with E-state index in [0.29, 0.717) is 30.4 Å². The lowest BCUT2D eigenvalue weighted by molar-refractivity contribution is 0.00570. The number of anilines is 1. The van der Waals surface area contributed by atoms with Gasteiger partial charge in [0.25, 0.3) is 0 Å². The van der Waals surface area contributed by atoms with Crippen LogP contribution in [0.15, 0.2) is 22.7 Å². The van der Waals surface area contributed by atoms with E-state index in [2.05, 4.69) is 21.2 Å². The van der Waals surface area contributed by atoms with E-state index < -0.39 is 11.6 Å². The second kappa shape index (κ2) is 6.03. The van der Waals surface area contributed by atoms with Gasteiger partial charge in [-0.1, -0.05) is 15.9 Å². The van der Waals surface area contributed by atoms with Crippen molar-refractivity contribution in [3.63, 3.8) is 0 Å². The number of hydrogen-bond donors (Lipinski definition) is 3. The third-order valence-electron chi connectivity index (χ3n) is 3.58. The van der Waals surface area contributed by atoms with Crippen molar-refractivity contribution in [2.75, 3.05) is 18.4 Å². The molecule has 21 heavy (non-hydrogen) atoms. The monoisotopic (exact) mass is 356 g/mol. The summed E-state index contributed by atoms with van der Waals surface area (Å²) in [5.74, 6) is -1.10. The molecule has 2 amide bonds. The van der Waals surface area contributed by atoms with Crippen LogP contribution in [0.5, 0.6) is 0 Å². The molecule has 1 fully saturated rings. The number of urea groups is 1. The van der Waals surface area contributed by atoms with Crippen molar-refractivity contribution >= 4 is 33.6 Å². The van der Waals surface area contributed by atoms with Crippen LogP contribution in [-0.2, 0) is 0 Å². The number of benzene rings is 1. The van der Waals surface area contributed by atoms with Gasteiger partial charge in [-0.3, -0.25) is 0 Å². The third kappa shape index (κ3) is 3.95. The summed E-state index contributed by atoms with van der Waals surface area (Å²) >= 11 is 3.21. The molecule has 3 N–H and O–H groups in total. The minimum atomic E-state index is -1.10. The molecule has 114 valence electrons. The van der Waals surface area contributed by atoms with Crippen LogP contribution < -0.4 is 5.32 Å². The Morgan fingerprint density at radius 3 is 2.52 bits per heavy atom. The second-order valence-electron chi connectivity index (χ2n) is 5.41. The second-order valence-corrected chi connectivity index (χ2v) is 6.32. The summed E-state index contributed by atoms with van der Waals surface area (Å²) in [6.07, 6.45) is 1.01. The molecule has 0 atom stereocenters. The maximum Gasteiger partial charge on any atom is 0.337 e. The van der Waals surface area contributed by atoms with Crippen molar-refractivity contribution in [2.45, 2.75) is 25.4 Å². The van der Waals surface area contributed by atoms with Gasteiger partial charge in [0.05, 0.1) is 16.9 Å². The molecular weight excluding hydrogens is 340 g/mol. The molecule has 0 spiro atoms. The van der Waals surface area contributed by atoms with Gasteiger partial charge in [-0.25, -0.2) is 9.59 Å². The number of halogens is 1. The van der Waals surface area contributed by atoms with Gasteiger partial charge < -0.3 is 20.4 Å². The molecule has 0 bridgehead atoms. The van der Waals surface area contributed by atoms with E-state index in [1.807, 2.05) is 0 Å². The molecule has 1 aromatic rings. The first-order chi connectivity index (χ1) is 9.78. The van der Waals surface area contributed by atoms with E-state index in [4.69, 9.17) is 5.11 Å². The number of amides is 2. The van der Waals surface area contributed by atoms with Crippen LogP contribution in [-0.4, -0.2) is 45.8 Å². The SMILES string of the molecule is CC1(O)CCN(C(=O)Nc2ccc(Br)cc2C(=O)O)CC1. The van der Waals surface area contributed by atoms with Crippen molar-refractivity contribution in [3.8, 4) is 0 Å². The Kier molecular flexibility index (Phi) is 4.53. The van der Waals surface area contributed by atoms with E-state index in [9.17, 15) is 14.7 Å². The van der Waals surface area contributed by atoms with Crippen molar-refractivity contribution in [3.05, 3.63) is 28.2 Å². The standard InChI is InChI=1S/C14H17BrN2O4/c1-14(21)4-6-17(7-5-14)13(20)16-11-3-2-9(15)8-10(11)12(18)19/h2-3,8,21H,4-7H2,1H3,(H,16,20)(H,18,19). The van der Waals surface area contributed by atoms with Crippen LogP contribution in [0.2, 0.25) is 0 Å². The lowest BCUT2D eigenvalue weighted by atomic mass is 9.94. The van der Waals surface area contributed by atoms with Crippen molar-refractivity contribution in [1.29, 1.82) is 0 Å². The summed E-state index contributed by atoms with van der Waals surface area (Å²) in [6, 6.07) is 4.31. The molecule has 1 heterocycles. The molecule has 6 nitrogen and oxygen atoms in total. The van der Waals surface area contributed by atoms with Gasteiger partial charge in [0, 0.05) is 17.6 Å². The first kappa shape index (κ1) is 15.8. The zero-order chi connectivity index (χ0) is 15.6. The van der Waals surface area contributed by atoms with Gasteiger partial charge in [0.2, 0.25) is 0 Å². The zero-order valence-corrected chi connectivity index (χ0v) is 13.2. The van der Waals surface area contributed by atoms with Crippen LogP contribution in [0, 0.1) is 0 Å². The maximum absolute atomic E-state index is 12.2. The fraction of sp³-hybridized carbons (Fsp3) is 0.429. The average Bonchev–Trinajstić information content (AvgIpc) is 2.40. The van der Waals surface area contributed by atoms with Crippen LogP contribution >= 0.6 is 15.9 Å². The molecule has 7 heteroatoms. The fourth-order valence-electron chi connectivity index (χ4n) is 2.19. The number of carboxylic acids is 1. The zero-order valence-electron chi connectivity index (χ0n) is 11.6. The first-order valence-corrected chi connectivity index (χ1v) is 7.39. The summed E-state index contributed by atoms with van der Waals surface area (Å²) in [5.41, 5.74) is -0.449. The molecule has 0 saturated carbocycles. The Morgan fingerprint density at radius 2 is 1.95 bits per heavy atom. The molecule has 0 aliphatic carbocycles. The number of rotatable bonds is 2. The minimum Gasteiger partial charge on any atom is -0.478 e. The number of piperidine rings is 1. The molecule has 1 saturated heterocycles. The normalized spacial score (nSPS) is 17.4. The van der Waals surface area contributed by atoms with Crippen LogP contribution in [0.1, 0.15) is 30.1 Å². The van der Waals surface area contributed by atoms with Crippen molar-refractivity contribution in [1.82, 2.24) is 4.90 Å². The summed E-state index contributed by atoms with van der Waals surface area (Å²) in [5, 5.41) is 21.7. The number of aliphatic hydroxyl groups is 1. The molecule has 0 unspecified atom stereocenters. The minimum absolute atomic E-state index is 0.0294. The smallest absolute Gasteiger partial charge is 0.337 e. The number of nitrogens with one attached hydrogen (secondary N) is 1. The van der Waals surface area contributed by atoms with Crippen molar-refractivity contribution in [2.24, 2.45) is 0 Å². The van der Waals surface area contributed by atoms with Gasteiger partial charge in [-0.15, -0.1) is 0 Å². The molecular formula is C14H17BrN2O4. The molecule has 1 aliphatic rings. The average molecular weight is 357 g/mol. The quantitative estimate of drug-likeness (QED) is 0.759. The number of carbonyl (C=O) groups excluding carboxylic acids is 1. The highest BCUT2D eigenvalue weighted by atomic mass is 79.9. The summed E-state index contributed by atoms with van der Waals surface area (Å²) < 4.78 is 0.631. The molecule has 1 aromatic carbocycles. The topological polar surface area (TPSA) is 89.9 Å². The fourth-order valence-corrected chi connectivity index (χ4v) is 2.55. The molecule has 2 rings (SSSR count). The van der Waals surface area contributed by atoms with Gasteiger partial charge >= 0.3 is 12.0 Å². The lowest BCUT2D eigenvalue weighted by Crippen LogP contribution is -2.46. The van der Waals surface area contributed by atoms with Crippen molar-refractivity contribution < 1.29 is 19.8 Å². The Balaban J connectivity index is 2.08. The summed E-state index contributed by atoms with van der Waals surface area (Å²) in [7, 11) is 0. The Hall–Kier alpha value is -1.60. The van der Waals surface area contributed by atoms with Gasteiger partial charge in [0.1, 0.15) is 0 Å². The summed E-state index contributed by atoms with van der Waals surface area (Å²) in [6.45, 7) is 2.63. The van der Waals surface area contributed by atoms with Crippen LogP contribution in [0.25, 0.3) is 0 Å². The summed E-state index contributed by atoms with van der Waals surface area (Å²) in [4.78, 5) is 24.9. The van der Waals surface area contributed by atoms with Crippen LogP contribution in [0.3, 0.4) is 0 Å². The number of nitrogens with zero attached hydrogens (tertiary/aromatic N) is 1. The Labute approximate surface area is 130 Å². The number of carboxylic acid groups (broad SMARTS) is 1. The highest BCUT2D eigenvalue weighted by molar-refractivity contribution is 9.10. The van der Waals surface area contributed by atoms with E-state index in [1.165, 1.54) is 6.07 Å². The Morgan fingerprint density at radius 1 is 1.33 bits per heavy atom. The predicted molar refractivity (Wildman–Crippen MR) is 81.6 cm³/mol. The Bertz CT molecular complexity index is 564. The van der Waals surface area contributed by atoms with E-state index in [0.717, 1.165) is 0 Å². The molecule has 1 aliphatic heterocycles. The largest absolute Gasteiger partial charge is 0.478 e. The number of carbonyl (C=O) groups is 2. The predicted octanol–water partition coefficient (Wildman–Crippen LogP) is 2.53. The first-order valence-electron chi connectivity index (χ1n) is 6.60.